The minimum Gasteiger partial charge on any atom is -0.497 e. The van der Waals surface area contributed by atoms with Crippen molar-refractivity contribution >= 4 is 11.5 Å². The minimum absolute atomic E-state index is 0.785. The smallest absolute Gasteiger partial charge is 0.153 e. The molecule has 0 aliphatic carbocycles. The normalized spacial score (nSPS) is 17.2. The van der Waals surface area contributed by atoms with Gasteiger partial charge in [0.05, 0.1) is 12.7 Å². The number of hydrogen-bond acceptors (Lipinski definition) is 5. The van der Waals surface area contributed by atoms with E-state index >= 15 is 0 Å². The molecule has 0 atom stereocenters. The topological polar surface area (TPSA) is 37.3 Å². The molecule has 2 aliphatic rings. The van der Waals surface area contributed by atoms with Crippen LogP contribution in [0.15, 0.2) is 47.5 Å². The molecular weight excluding hydrogens is 302 g/mol. The summed E-state index contributed by atoms with van der Waals surface area (Å²) in [5, 5.41) is 0. The maximum atomic E-state index is 6.14. The Hall–Kier alpha value is -2.53. The lowest BCUT2D eigenvalue weighted by Crippen LogP contribution is -2.47. The molecule has 1 saturated heterocycles. The van der Waals surface area contributed by atoms with Gasteiger partial charge in [0.25, 0.3) is 0 Å². The minimum atomic E-state index is 0.785. The Balaban J connectivity index is 1.83. The molecule has 4 rings (SSSR count). The number of piperazine rings is 1. The van der Waals surface area contributed by atoms with Crippen LogP contribution in [0.3, 0.4) is 0 Å². The van der Waals surface area contributed by atoms with Crippen LogP contribution in [0.5, 0.6) is 17.2 Å². The van der Waals surface area contributed by atoms with Crippen LogP contribution >= 0.6 is 0 Å². The van der Waals surface area contributed by atoms with Crippen LogP contribution in [-0.4, -0.2) is 56.0 Å². The zero-order valence-electron chi connectivity index (χ0n) is 14.0. The highest BCUT2D eigenvalue weighted by Gasteiger charge is 2.25. The van der Waals surface area contributed by atoms with Crippen molar-refractivity contribution in [1.29, 1.82) is 0 Å². The van der Waals surface area contributed by atoms with Gasteiger partial charge in [0.1, 0.15) is 23.0 Å². The maximum Gasteiger partial charge on any atom is 0.153 e. The van der Waals surface area contributed by atoms with E-state index in [-0.39, 0.29) is 0 Å². The van der Waals surface area contributed by atoms with Gasteiger partial charge >= 0.3 is 0 Å². The number of fused-ring (bicyclic) bond motifs is 2. The lowest BCUT2D eigenvalue weighted by Gasteiger charge is -2.34. The van der Waals surface area contributed by atoms with Crippen molar-refractivity contribution in [2.75, 3.05) is 40.3 Å². The molecule has 124 valence electrons. The van der Waals surface area contributed by atoms with Gasteiger partial charge in [-0.05, 0) is 37.4 Å². The quantitative estimate of drug-likeness (QED) is 0.808. The summed E-state index contributed by atoms with van der Waals surface area (Å²) >= 11 is 0. The Morgan fingerprint density at radius 2 is 1.79 bits per heavy atom. The average Bonchev–Trinajstić information content (AvgIpc) is 2.78. The average molecular weight is 323 g/mol. The standard InChI is InChI=1S/C19H21N3O2/c1-21-9-11-22(12-10-21)19-15-13-14(23-2)7-8-17(15)24-18-6-4-3-5-16(18)20-19/h3-8,13H,9-12H2,1-2H3. The molecule has 2 aliphatic heterocycles. The fourth-order valence-corrected chi connectivity index (χ4v) is 3.09. The molecule has 0 N–H and O–H groups in total. The largest absolute Gasteiger partial charge is 0.497 e. The molecular formula is C19H21N3O2. The Morgan fingerprint density at radius 1 is 1.00 bits per heavy atom. The first-order chi connectivity index (χ1) is 11.7. The van der Waals surface area contributed by atoms with E-state index in [9.17, 15) is 0 Å². The fourth-order valence-electron chi connectivity index (χ4n) is 3.09. The van der Waals surface area contributed by atoms with E-state index in [0.717, 1.165) is 60.5 Å². The molecule has 0 spiro atoms. The highest BCUT2D eigenvalue weighted by molar-refractivity contribution is 6.04. The molecule has 0 aromatic heterocycles. The summed E-state index contributed by atoms with van der Waals surface area (Å²) in [6.45, 7) is 3.96. The molecule has 0 bridgehead atoms. The first-order valence-corrected chi connectivity index (χ1v) is 8.22. The molecule has 1 fully saturated rings. The van der Waals surface area contributed by atoms with Crippen molar-refractivity contribution in [3.63, 3.8) is 0 Å². The number of benzene rings is 2. The summed E-state index contributed by atoms with van der Waals surface area (Å²) in [6, 6.07) is 13.8. The molecule has 0 unspecified atom stereocenters. The van der Waals surface area contributed by atoms with Crippen LogP contribution in [0, 0.1) is 0 Å². The van der Waals surface area contributed by atoms with Gasteiger partial charge in [-0.25, -0.2) is 4.99 Å². The molecule has 5 heteroatoms. The predicted octanol–water partition coefficient (Wildman–Crippen LogP) is 3.13. The predicted molar refractivity (Wildman–Crippen MR) is 94.8 cm³/mol. The summed E-state index contributed by atoms with van der Waals surface area (Å²) in [5.74, 6) is 3.37. The Bertz CT molecular complexity index is 780. The van der Waals surface area contributed by atoms with E-state index in [1.54, 1.807) is 7.11 Å². The van der Waals surface area contributed by atoms with Gasteiger partial charge in [-0.3, -0.25) is 0 Å². The third kappa shape index (κ3) is 2.71. The van der Waals surface area contributed by atoms with Crippen molar-refractivity contribution in [2.24, 2.45) is 4.99 Å². The first kappa shape index (κ1) is 15.0. The number of ether oxygens (including phenoxy) is 2. The number of likely N-dealkylation sites (N-methyl/N-ethyl adjacent to an activating group) is 1. The first-order valence-electron chi connectivity index (χ1n) is 8.22. The summed E-state index contributed by atoms with van der Waals surface area (Å²) < 4.78 is 11.6. The SMILES string of the molecule is COc1ccc2c(c1)C(N1CCN(C)CC1)=Nc1ccccc1O2. The lowest BCUT2D eigenvalue weighted by molar-refractivity contribution is 0.215. The van der Waals surface area contributed by atoms with Gasteiger partial charge in [0, 0.05) is 26.2 Å². The van der Waals surface area contributed by atoms with Crippen LogP contribution in [0.2, 0.25) is 0 Å². The number of rotatable bonds is 1. The molecule has 2 aromatic rings. The molecule has 0 radical (unpaired) electrons. The number of methoxy groups -OCH3 is 1. The van der Waals surface area contributed by atoms with Crippen LogP contribution in [0.1, 0.15) is 5.56 Å². The van der Waals surface area contributed by atoms with E-state index in [1.807, 2.05) is 42.5 Å². The molecule has 24 heavy (non-hydrogen) atoms. The van der Waals surface area contributed by atoms with E-state index in [4.69, 9.17) is 14.5 Å². The third-order valence-corrected chi connectivity index (χ3v) is 4.54. The summed E-state index contributed by atoms with van der Waals surface area (Å²) in [6.07, 6.45) is 0. The monoisotopic (exact) mass is 323 g/mol. The summed E-state index contributed by atoms with van der Waals surface area (Å²) in [7, 11) is 3.84. The van der Waals surface area contributed by atoms with E-state index in [1.165, 1.54) is 0 Å². The van der Waals surface area contributed by atoms with Gasteiger partial charge in [-0.2, -0.15) is 0 Å². The molecule has 0 amide bonds. The number of amidine groups is 1. The van der Waals surface area contributed by atoms with Gasteiger partial charge in [0.15, 0.2) is 5.75 Å². The van der Waals surface area contributed by atoms with Crippen LogP contribution < -0.4 is 9.47 Å². The Kier molecular flexibility index (Phi) is 3.86. The van der Waals surface area contributed by atoms with Crippen molar-refractivity contribution in [3.8, 4) is 17.2 Å². The zero-order valence-corrected chi connectivity index (χ0v) is 14.0. The van der Waals surface area contributed by atoms with Crippen molar-refractivity contribution in [2.45, 2.75) is 0 Å². The van der Waals surface area contributed by atoms with Gasteiger partial charge < -0.3 is 19.3 Å². The highest BCUT2D eigenvalue weighted by atomic mass is 16.5. The Labute approximate surface area is 142 Å². The zero-order chi connectivity index (χ0) is 16.5. The molecule has 2 aromatic carbocycles. The highest BCUT2D eigenvalue weighted by Crippen LogP contribution is 2.39. The van der Waals surface area contributed by atoms with Gasteiger partial charge in [-0.1, -0.05) is 12.1 Å². The van der Waals surface area contributed by atoms with Gasteiger partial charge in [0.2, 0.25) is 0 Å². The summed E-state index contributed by atoms with van der Waals surface area (Å²) in [4.78, 5) is 9.62. The van der Waals surface area contributed by atoms with Crippen molar-refractivity contribution < 1.29 is 9.47 Å². The van der Waals surface area contributed by atoms with E-state index in [0.29, 0.717) is 0 Å². The maximum absolute atomic E-state index is 6.14. The number of hydrogen-bond donors (Lipinski definition) is 0. The number of para-hydroxylation sites is 2. The lowest BCUT2D eigenvalue weighted by atomic mass is 10.1. The molecule has 5 nitrogen and oxygen atoms in total. The second-order valence-electron chi connectivity index (χ2n) is 6.16. The Morgan fingerprint density at radius 3 is 2.58 bits per heavy atom. The molecule has 0 saturated carbocycles. The van der Waals surface area contributed by atoms with Gasteiger partial charge in [-0.15, -0.1) is 0 Å². The number of aliphatic imine (C=N–C) groups is 1. The summed E-state index contributed by atoms with van der Waals surface area (Å²) in [5.41, 5.74) is 1.84. The number of nitrogens with zero attached hydrogens (tertiary/aromatic N) is 3. The fraction of sp³-hybridized carbons (Fsp3) is 0.316. The van der Waals surface area contributed by atoms with Crippen LogP contribution in [-0.2, 0) is 0 Å². The third-order valence-electron chi connectivity index (χ3n) is 4.54. The van der Waals surface area contributed by atoms with E-state index < -0.39 is 0 Å². The van der Waals surface area contributed by atoms with Crippen molar-refractivity contribution in [1.82, 2.24) is 9.80 Å². The van der Waals surface area contributed by atoms with E-state index in [2.05, 4.69) is 16.8 Å². The molecule has 2 heterocycles. The second-order valence-corrected chi connectivity index (χ2v) is 6.16. The van der Waals surface area contributed by atoms with Crippen LogP contribution in [0.4, 0.5) is 5.69 Å². The van der Waals surface area contributed by atoms with Crippen LogP contribution in [0.25, 0.3) is 0 Å². The second kappa shape index (κ2) is 6.17. The van der Waals surface area contributed by atoms with Crippen molar-refractivity contribution in [3.05, 3.63) is 48.0 Å².